The minimum atomic E-state index is 0.159. The van der Waals surface area contributed by atoms with Crippen molar-refractivity contribution in [2.45, 2.75) is 13.3 Å². The Morgan fingerprint density at radius 1 is 1.19 bits per heavy atom. The summed E-state index contributed by atoms with van der Waals surface area (Å²) in [6.07, 6.45) is 1.09. The van der Waals surface area contributed by atoms with Crippen molar-refractivity contribution in [3.63, 3.8) is 0 Å². The molecule has 0 aromatic heterocycles. The smallest absolute Gasteiger partial charge is 0.183 e. The van der Waals surface area contributed by atoms with Gasteiger partial charge >= 0.3 is 0 Å². The van der Waals surface area contributed by atoms with Crippen LogP contribution < -0.4 is 4.90 Å². The van der Waals surface area contributed by atoms with Crippen molar-refractivity contribution in [2.75, 3.05) is 18.0 Å². The topological polar surface area (TPSA) is 20.3 Å². The van der Waals surface area contributed by atoms with Crippen molar-refractivity contribution in [1.29, 1.82) is 0 Å². The Bertz CT molecular complexity index is 668. The number of halogens is 1. The van der Waals surface area contributed by atoms with E-state index in [9.17, 15) is 4.79 Å². The van der Waals surface area contributed by atoms with E-state index in [-0.39, 0.29) is 5.78 Å². The van der Waals surface area contributed by atoms with Crippen LogP contribution in [0.5, 0.6) is 0 Å². The van der Waals surface area contributed by atoms with E-state index in [4.69, 9.17) is 0 Å². The maximum Gasteiger partial charge on any atom is 0.183 e. The predicted octanol–water partition coefficient (Wildman–Crippen LogP) is 4.33. The number of carbonyl (C=O) groups is 1. The highest BCUT2D eigenvalue weighted by molar-refractivity contribution is 9.10. The van der Waals surface area contributed by atoms with Crippen LogP contribution in [0, 0.1) is 5.92 Å². The number of carbonyl (C=O) groups excluding carboxylic acids is 1. The summed E-state index contributed by atoms with van der Waals surface area (Å²) in [7, 11) is 0. The molecule has 0 N–H and O–H groups in total. The highest BCUT2D eigenvalue weighted by Gasteiger charge is 2.23. The van der Waals surface area contributed by atoms with E-state index < -0.39 is 0 Å². The Morgan fingerprint density at radius 3 is 2.71 bits per heavy atom. The number of hydrogen-bond acceptors (Lipinski definition) is 2. The van der Waals surface area contributed by atoms with Crippen LogP contribution in [0.3, 0.4) is 0 Å². The summed E-state index contributed by atoms with van der Waals surface area (Å²) in [5.41, 5.74) is 3.31. The van der Waals surface area contributed by atoms with Gasteiger partial charge in [-0.1, -0.05) is 59.3 Å². The van der Waals surface area contributed by atoms with Crippen molar-refractivity contribution in [3.05, 3.63) is 64.1 Å². The zero-order chi connectivity index (χ0) is 14.8. The molecule has 0 bridgehead atoms. The molecule has 0 amide bonds. The van der Waals surface area contributed by atoms with E-state index in [1.807, 2.05) is 30.3 Å². The Kier molecular flexibility index (Phi) is 4.11. The lowest BCUT2D eigenvalue weighted by Crippen LogP contribution is -2.38. The molecular formula is C18H18BrNO. The van der Waals surface area contributed by atoms with Gasteiger partial charge in [0, 0.05) is 22.3 Å². The van der Waals surface area contributed by atoms with E-state index in [0.717, 1.165) is 23.0 Å². The zero-order valence-electron chi connectivity index (χ0n) is 12.1. The van der Waals surface area contributed by atoms with E-state index in [1.165, 1.54) is 11.3 Å². The fourth-order valence-corrected chi connectivity index (χ4v) is 3.51. The largest absolute Gasteiger partial charge is 0.363 e. The molecule has 0 spiro atoms. The van der Waals surface area contributed by atoms with E-state index in [1.54, 1.807) is 0 Å². The zero-order valence-corrected chi connectivity index (χ0v) is 13.6. The van der Waals surface area contributed by atoms with E-state index in [2.05, 4.69) is 46.0 Å². The van der Waals surface area contributed by atoms with Gasteiger partial charge < -0.3 is 4.90 Å². The molecule has 0 aliphatic carbocycles. The first kappa shape index (κ1) is 14.3. The highest BCUT2D eigenvalue weighted by atomic mass is 79.9. The summed E-state index contributed by atoms with van der Waals surface area (Å²) in [4.78, 5) is 14.8. The number of rotatable bonds is 3. The van der Waals surface area contributed by atoms with Crippen LogP contribution in [0.2, 0.25) is 0 Å². The maximum atomic E-state index is 12.6. The molecule has 1 heterocycles. The van der Waals surface area contributed by atoms with Crippen LogP contribution >= 0.6 is 15.9 Å². The van der Waals surface area contributed by atoms with Crippen LogP contribution in [-0.2, 0) is 6.42 Å². The SMILES string of the molecule is CC1Cc2ccccc2N(CC(=O)c2ccccc2Br)C1. The van der Waals surface area contributed by atoms with Crippen LogP contribution in [0.1, 0.15) is 22.8 Å². The maximum absolute atomic E-state index is 12.6. The van der Waals surface area contributed by atoms with E-state index >= 15 is 0 Å². The number of hydrogen-bond donors (Lipinski definition) is 0. The van der Waals surface area contributed by atoms with Gasteiger partial charge in [0.05, 0.1) is 6.54 Å². The number of Topliss-reactive ketones (excluding diaryl/α,β-unsaturated/α-hetero) is 1. The third kappa shape index (κ3) is 3.03. The van der Waals surface area contributed by atoms with Crippen molar-refractivity contribution < 1.29 is 4.79 Å². The lowest BCUT2D eigenvalue weighted by molar-refractivity contribution is 0.0997. The third-order valence-electron chi connectivity index (χ3n) is 3.94. The Morgan fingerprint density at radius 2 is 1.90 bits per heavy atom. The van der Waals surface area contributed by atoms with Crippen molar-refractivity contribution in [1.82, 2.24) is 0 Å². The van der Waals surface area contributed by atoms with Crippen LogP contribution in [0.15, 0.2) is 53.0 Å². The first-order valence-corrected chi connectivity index (χ1v) is 8.05. The van der Waals surface area contributed by atoms with Gasteiger partial charge in [0.25, 0.3) is 0 Å². The Balaban J connectivity index is 1.85. The van der Waals surface area contributed by atoms with Gasteiger partial charge in [-0.3, -0.25) is 4.79 Å². The molecular weight excluding hydrogens is 326 g/mol. The lowest BCUT2D eigenvalue weighted by Gasteiger charge is -2.34. The molecule has 2 nitrogen and oxygen atoms in total. The van der Waals surface area contributed by atoms with Gasteiger partial charge in [0.1, 0.15) is 0 Å². The first-order valence-electron chi connectivity index (χ1n) is 7.25. The second-order valence-corrected chi connectivity index (χ2v) is 6.58. The Hall–Kier alpha value is -1.61. The Labute approximate surface area is 133 Å². The molecule has 0 saturated heterocycles. The molecule has 2 aromatic rings. The molecule has 108 valence electrons. The standard InChI is InChI=1S/C18H18BrNO/c1-13-10-14-6-2-5-9-17(14)20(11-13)12-18(21)15-7-3-4-8-16(15)19/h2-9,13H,10-12H2,1H3. The normalized spacial score (nSPS) is 17.4. The highest BCUT2D eigenvalue weighted by Crippen LogP contribution is 2.29. The molecule has 0 fully saturated rings. The summed E-state index contributed by atoms with van der Waals surface area (Å²) in [6, 6.07) is 16.0. The molecule has 3 heteroatoms. The quantitative estimate of drug-likeness (QED) is 0.773. The molecule has 0 radical (unpaired) electrons. The van der Waals surface area contributed by atoms with Gasteiger partial charge in [-0.25, -0.2) is 0 Å². The minimum Gasteiger partial charge on any atom is -0.363 e. The predicted molar refractivity (Wildman–Crippen MR) is 90.0 cm³/mol. The monoisotopic (exact) mass is 343 g/mol. The van der Waals surface area contributed by atoms with Gasteiger partial charge in [-0.2, -0.15) is 0 Å². The van der Waals surface area contributed by atoms with Gasteiger partial charge in [0.2, 0.25) is 0 Å². The fraction of sp³-hybridized carbons (Fsp3) is 0.278. The average molecular weight is 344 g/mol. The number of fused-ring (bicyclic) bond motifs is 1. The molecule has 1 atom stereocenters. The molecule has 3 rings (SSSR count). The van der Waals surface area contributed by atoms with Gasteiger partial charge in [-0.05, 0) is 30.0 Å². The molecule has 1 aliphatic rings. The summed E-state index contributed by atoms with van der Waals surface area (Å²) in [5, 5.41) is 0. The number of benzene rings is 2. The van der Waals surface area contributed by atoms with Crippen molar-refractivity contribution in [2.24, 2.45) is 5.92 Å². The summed E-state index contributed by atoms with van der Waals surface area (Å²) in [5.74, 6) is 0.735. The van der Waals surface area contributed by atoms with Crippen LogP contribution in [-0.4, -0.2) is 18.9 Å². The fourth-order valence-electron chi connectivity index (χ4n) is 3.00. The minimum absolute atomic E-state index is 0.159. The van der Waals surface area contributed by atoms with Crippen LogP contribution in [0.25, 0.3) is 0 Å². The summed E-state index contributed by atoms with van der Waals surface area (Å²) < 4.78 is 0.869. The van der Waals surface area contributed by atoms with Crippen molar-refractivity contribution >= 4 is 27.4 Å². The number of anilines is 1. The van der Waals surface area contributed by atoms with E-state index in [0.29, 0.717) is 12.5 Å². The second kappa shape index (κ2) is 6.02. The second-order valence-electron chi connectivity index (χ2n) is 5.72. The third-order valence-corrected chi connectivity index (χ3v) is 4.63. The summed E-state index contributed by atoms with van der Waals surface area (Å²) in [6.45, 7) is 3.61. The van der Waals surface area contributed by atoms with Crippen LogP contribution in [0.4, 0.5) is 5.69 Å². The lowest BCUT2D eigenvalue weighted by atomic mass is 9.93. The van der Waals surface area contributed by atoms with Crippen molar-refractivity contribution in [3.8, 4) is 0 Å². The molecule has 1 aliphatic heterocycles. The molecule has 0 saturated carbocycles. The number of ketones is 1. The number of nitrogens with zero attached hydrogens (tertiary/aromatic N) is 1. The number of para-hydroxylation sites is 1. The molecule has 21 heavy (non-hydrogen) atoms. The first-order chi connectivity index (χ1) is 10.1. The average Bonchev–Trinajstić information content (AvgIpc) is 2.47. The molecule has 1 unspecified atom stereocenters. The molecule has 2 aromatic carbocycles. The summed E-state index contributed by atoms with van der Waals surface area (Å²) >= 11 is 3.47. The van der Waals surface area contributed by atoms with Gasteiger partial charge in [0.15, 0.2) is 5.78 Å². The van der Waals surface area contributed by atoms with Gasteiger partial charge in [-0.15, -0.1) is 0 Å².